The molecule has 1 aromatic heterocycles. The molecule has 0 radical (unpaired) electrons. The summed E-state index contributed by atoms with van der Waals surface area (Å²) in [5, 5.41) is 7.29. The molecule has 0 bridgehead atoms. The fourth-order valence-electron chi connectivity index (χ4n) is 2.58. The number of H-pyrrole nitrogens is 1. The molecule has 20 heavy (non-hydrogen) atoms. The maximum atomic E-state index is 13.3. The first-order valence-corrected chi connectivity index (χ1v) is 6.46. The molecule has 0 fully saturated rings. The van der Waals surface area contributed by atoms with Gasteiger partial charge in [-0.05, 0) is 12.1 Å². The van der Waals surface area contributed by atoms with Gasteiger partial charge in [-0.3, -0.25) is 14.8 Å². The molecule has 1 aromatic carbocycles. The predicted molar refractivity (Wildman–Crippen MR) is 72.2 cm³/mol. The van der Waals surface area contributed by atoms with Gasteiger partial charge >= 0.3 is 0 Å². The molecule has 0 atom stereocenters. The van der Waals surface area contributed by atoms with E-state index in [1.807, 2.05) is 11.0 Å². The summed E-state index contributed by atoms with van der Waals surface area (Å²) in [6.45, 7) is 1.59. The van der Waals surface area contributed by atoms with E-state index < -0.39 is 0 Å². The Morgan fingerprint density at radius 1 is 1.50 bits per heavy atom. The first kappa shape index (κ1) is 12.8. The highest BCUT2D eigenvalue weighted by Crippen LogP contribution is 2.28. The van der Waals surface area contributed by atoms with Gasteiger partial charge in [-0.25, -0.2) is 4.39 Å². The second-order valence-corrected chi connectivity index (χ2v) is 4.97. The Labute approximate surface area is 115 Å². The van der Waals surface area contributed by atoms with E-state index in [0.29, 0.717) is 6.54 Å². The zero-order chi connectivity index (χ0) is 14.1. The number of nitrogens with one attached hydrogen (secondary N) is 1. The van der Waals surface area contributed by atoms with E-state index in [2.05, 4.69) is 10.2 Å². The van der Waals surface area contributed by atoms with Gasteiger partial charge in [0.15, 0.2) is 0 Å². The Hall–Kier alpha value is -2.21. The van der Waals surface area contributed by atoms with Crippen molar-refractivity contribution in [3.8, 4) is 11.3 Å². The number of amides is 1. The van der Waals surface area contributed by atoms with Crippen LogP contribution in [0.15, 0.2) is 24.3 Å². The van der Waals surface area contributed by atoms with Gasteiger partial charge < -0.3 is 5.73 Å². The predicted octanol–water partition coefficient (Wildman–Crippen LogP) is 1.06. The van der Waals surface area contributed by atoms with Gasteiger partial charge in [0.1, 0.15) is 5.82 Å². The Morgan fingerprint density at radius 2 is 2.35 bits per heavy atom. The Balaban J connectivity index is 1.93. The van der Waals surface area contributed by atoms with Gasteiger partial charge in [0, 0.05) is 36.3 Å². The van der Waals surface area contributed by atoms with Crippen molar-refractivity contribution in [3.05, 3.63) is 41.3 Å². The van der Waals surface area contributed by atoms with E-state index in [9.17, 15) is 9.18 Å². The lowest BCUT2D eigenvalue weighted by Crippen LogP contribution is -2.37. The molecule has 6 heteroatoms. The maximum Gasteiger partial charge on any atom is 0.231 e. The van der Waals surface area contributed by atoms with Gasteiger partial charge in [-0.1, -0.05) is 12.1 Å². The van der Waals surface area contributed by atoms with Crippen LogP contribution in [0, 0.1) is 5.82 Å². The van der Waals surface area contributed by atoms with Gasteiger partial charge in [-0.2, -0.15) is 5.10 Å². The molecule has 1 amide bonds. The third-order valence-electron chi connectivity index (χ3n) is 3.49. The average molecular weight is 274 g/mol. The molecule has 0 spiro atoms. The molecule has 5 nitrogen and oxygen atoms in total. The lowest BCUT2D eigenvalue weighted by Gasteiger charge is -2.25. The minimum atomic E-state index is -0.343. The number of nitrogens with two attached hydrogens (primary N) is 1. The Kier molecular flexibility index (Phi) is 3.23. The highest BCUT2D eigenvalue weighted by atomic mass is 19.1. The summed E-state index contributed by atoms with van der Waals surface area (Å²) in [5.74, 6) is -0.631. The lowest BCUT2D eigenvalue weighted by atomic mass is 10.0. The van der Waals surface area contributed by atoms with Crippen molar-refractivity contribution in [2.75, 3.05) is 13.1 Å². The minimum absolute atomic E-state index is 0.229. The number of aromatic amines is 1. The second-order valence-electron chi connectivity index (χ2n) is 4.97. The number of fused-ring (bicyclic) bond motifs is 1. The van der Waals surface area contributed by atoms with Crippen LogP contribution in [-0.4, -0.2) is 34.1 Å². The topological polar surface area (TPSA) is 75.0 Å². The zero-order valence-corrected chi connectivity index (χ0v) is 10.9. The van der Waals surface area contributed by atoms with Crippen molar-refractivity contribution in [1.29, 1.82) is 0 Å². The molecule has 0 unspecified atom stereocenters. The normalized spacial score (nSPS) is 15.1. The molecule has 3 N–H and O–H groups in total. The minimum Gasteiger partial charge on any atom is -0.369 e. The Bertz CT molecular complexity index is 652. The second kappa shape index (κ2) is 5.05. The van der Waals surface area contributed by atoms with Crippen molar-refractivity contribution in [2.24, 2.45) is 5.73 Å². The number of nitrogens with zero attached hydrogens (tertiary/aromatic N) is 2. The monoisotopic (exact) mass is 274 g/mol. The van der Waals surface area contributed by atoms with Crippen molar-refractivity contribution in [2.45, 2.75) is 13.0 Å². The van der Waals surface area contributed by atoms with Crippen molar-refractivity contribution >= 4 is 5.91 Å². The number of rotatable bonds is 3. The summed E-state index contributed by atoms with van der Waals surface area (Å²) in [6, 6.07) is 6.35. The highest BCUT2D eigenvalue weighted by molar-refractivity contribution is 5.76. The number of benzene rings is 1. The standard InChI is InChI=1S/C14H15FN4O/c15-10-3-1-2-9(6-10)14-11-7-19(8-13(16)20)5-4-12(11)17-18-14/h1-3,6H,4-5,7-8H2,(H2,16,20)(H,17,18). The molecule has 2 heterocycles. The number of carbonyl (C=O) groups excluding carboxylic acids is 1. The number of hydrogen-bond donors (Lipinski definition) is 2. The van der Waals surface area contributed by atoms with Crippen LogP contribution >= 0.6 is 0 Å². The van der Waals surface area contributed by atoms with Gasteiger partial charge in [-0.15, -0.1) is 0 Å². The summed E-state index contributed by atoms with van der Waals surface area (Å²) in [6.07, 6.45) is 0.783. The Morgan fingerprint density at radius 3 is 3.10 bits per heavy atom. The number of primary amides is 1. The van der Waals surface area contributed by atoms with E-state index in [0.717, 1.165) is 35.5 Å². The summed E-state index contributed by atoms with van der Waals surface area (Å²) in [5.41, 5.74) is 8.78. The van der Waals surface area contributed by atoms with Crippen molar-refractivity contribution in [3.63, 3.8) is 0 Å². The summed E-state index contributed by atoms with van der Waals surface area (Å²) in [7, 11) is 0. The molecule has 3 rings (SSSR count). The quantitative estimate of drug-likeness (QED) is 0.878. The van der Waals surface area contributed by atoms with Crippen molar-refractivity contribution < 1.29 is 9.18 Å². The van der Waals surface area contributed by atoms with Gasteiger partial charge in [0.2, 0.25) is 5.91 Å². The van der Waals surface area contributed by atoms with Crippen LogP contribution in [0.25, 0.3) is 11.3 Å². The number of aromatic nitrogens is 2. The molecule has 2 aromatic rings. The van der Waals surface area contributed by atoms with E-state index >= 15 is 0 Å². The van der Waals surface area contributed by atoms with Crippen molar-refractivity contribution in [1.82, 2.24) is 15.1 Å². The lowest BCUT2D eigenvalue weighted by molar-refractivity contribution is -0.119. The summed E-state index contributed by atoms with van der Waals surface area (Å²) in [4.78, 5) is 13.0. The molecule has 1 aliphatic rings. The molecular weight excluding hydrogens is 259 g/mol. The largest absolute Gasteiger partial charge is 0.369 e. The number of halogens is 1. The van der Waals surface area contributed by atoms with Crippen LogP contribution in [0.4, 0.5) is 4.39 Å². The zero-order valence-electron chi connectivity index (χ0n) is 10.9. The molecule has 104 valence electrons. The maximum absolute atomic E-state index is 13.3. The average Bonchev–Trinajstić information content (AvgIpc) is 2.81. The SMILES string of the molecule is NC(=O)CN1CCc2[nH]nc(-c3cccc(F)c3)c2C1. The summed E-state index contributed by atoms with van der Waals surface area (Å²) < 4.78 is 13.3. The van der Waals surface area contributed by atoms with Crippen LogP contribution in [0.5, 0.6) is 0 Å². The van der Waals surface area contributed by atoms with Gasteiger partial charge in [0.25, 0.3) is 0 Å². The fourth-order valence-corrected chi connectivity index (χ4v) is 2.58. The van der Waals surface area contributed by atoms with Crippen LogP contribution in [0.3, 0.4) is 0 Å². The third-order valence-corrected chi connectivity index (χ3v) is 3.49. The van der Waals surface area contributed by atoms with Crippen LogP contribution in [-0.2, 0) is 17.8 Å². The first-order chi connectivity index (χ1) is 9.63. The number of hydrogen-bond acceptors (Lipinski definition) is 3. The van der Waals surface area contributed by atoms with E-state index in [-0.39, 0.29) is 18.3 Å². The number of carbonyl (C=O) groups is 1. The fraction of sp³-hybridized carbons (Fsp3) is 0.286. The van der Waals surface area contributed by atoms with E-state index in [1.165, 1.54) is 12.1 Å². The van der Waals surface area contributed by atoms with E-state index in [1.54, 1.807) is 6.07 Å². The van der Waals surface area contributed by atoms with E-state index in [4.69, 9.17) is 5.73 Å². The molecule has 0 saturated carbocycles. The molecule has 1 aliphatic heterocycles. The molecule has 0 aliphatic carbocycles. The van der Waals surface area contributed by atoms with Crippen LogP contribution < -0.4 is 5.73 Å². The molecule has 0 saturated heterocycles. The first-order valence-electron chi connectivity index (χ1n) is 6.46. The smallest absolute Gasteiger partial charge is 0.231 e. The van der Waals surface area contributed by atoms with Gasteiger partial charge in [0.05, 0.1) is 12.2 Å². The van der Waals surface area contributed by atoms with Crippen LogP contribution in [0.2, 0.25) is 0 Å². The van der Waals surface area contributed by atoms with Crippen LogP contribution in [0.1, 0.15) is 11.3 Å². The molecular formula is C14H15FN4O. The third kappa shape index (κ3) is 2.42. The highest BCUT2D eigenvalue weighted by Gasteiger charge is 2.23. The summed E-state index contributed by atoms with van der Waals surface area (Å²) >= 11 is 0.